The molecule has 0 fully saturated rings. The second-order valence-electron chi connectivity index (χ2n) is 11.6. The summed E-state index contributed by atoms with van der Waals surface area (Å²) in [5.74, 6) is 2.59. The van der Waals surface area contributed by atoms with Gasteiger partial charge in [-0.25, -0.2) is 0 Å². The number of hydrogen-bond donors (Lipinski definition) is 2. The first-order valence-corrected chi connectivity index (χ1v) is 16.1. The molecule has 0 radical (unpaired) electrons. The third-order valence-electron chi connectivity index (χ3n) is 7.95. The van der Waals surface area contributed by atoms with E-state index in [4.69, 9.17) is 30.4 Å². The standard InChI is InChI=1S/C42H40N2O4/c43-41(35-21-37(45-27-31-13-5-1-6-14-31)25-38(22-35)46-28-32-15-7-2-8-16-32)42(44)36-23-39(47-29-33-17-9-3-10-18-33)26-40(24-36)48-30-34-19-11-4-12-20-34/h1-26,41-42H,27-30,43-44H2. The first-order valence-electron chi connectivity index (χ1n) is 16.1. The van der Waals surface area contributed by atoms with Crippen molar-refractivity contribution >= 4 is 0 Å². The fourth-order valence-electron chi connectivity index (χ4n) is 5.28. The van der Waals surface area contributed by atoms with E-state index in [9.17, 15) is 0 Å². The zero-order chi connectivity index (χ0) is 33.0. The fourth-order valence-corrected chi connectivity index (χ4v) is 5.28. The highest BCUT2D eigenvalue weighted by Gasteiger charge is 2.21. The van der Waals surface area contributed by atoms with Crippen molar-refractivity contribution in [3.8, 4) is 23.0 Å². The van der Waals surface area contributed by atoms with E-state index in [2.05, 4.69) is 0 Å². The SMILES string of the molecule is NC(c1cc(OCc2ccccc2)cc(OCc2ccccc2)c1)C(N)c1cc(OCc2ccccc2)cc(OCc2ccccc2)c1. The molecule has 48 heavy (non-hydrogen) atoms. The summed E-state index contributed by atoms with van der Waals surface area (Å²) in [7, 11) is 0. The summed E-state index contributed by atoms with van der Waals surface area (Å²) < 4.78 is 24.9. The van der Waals surface area contributed by atoms with Gasteiger partial charge in [0.1, 0.15) is 49.4 Å². The Morgan fingerprint density at radius 1 is 0.333 bits per heavy atom. The molecule has 0 aliphatic heterocycles. The van der Waals surface area contributed by atoms with Gasteiger partial charge in [-0.3, -0.25) is 0 Å². The van der Waals surface area contributed by atoms with Gasteiger partial charge < -0.3 is 30.4 Å². The highest BCUT2D eigenvalue weighted by molar-refractivity contribution is 5.44. The Kier molecular flexibility index (Phi) is 11.0. The predicted molar refractivity (Wildman–Crippen MR) is 190 cm³/mol. The van der Waals surface area contributed by atoms with Gasteiger partial charge in [0, 0.05) is 24.2 Å². The minimum atomic E-state index is -0.587. The van der Waals surface area contributed by atoms with Crippen molar-refractivity contribution in [1.29, 1.82) is 0 Å². The first kappa shape index (κ1) is 32.4. The molecule has 6 aromatic rings. The van der Waals surface area contributed by atoms with Gasteiger partial charge in [0.25, 0.3) is 0 Å². The van der Waals surface area contributed by atoms with Crippen molar-refractivity contribution < 1.29 is 18.9 Å². The van der Waals surface area contributed by atoms with E-state index < -0.39 is 12.1 Å². The molecule has 0 amide bonds. The number of hydrogen-bond acceptors (Lipinski definition) is 6. The molecule has 6 heteroatoms. The van der Waals surface area contributed by atoms with Crippen LogP contribution < -0.4 is 30.4 Å². The van der Waals surface area contributed by atoms with Crippen LogP contribution >= 0.6 is 0 Å². The van der Waals surface area contributed by atoms with E-state index in [0.717, 1.165) is 33.4 Å². The van der Waals surface area contributed by atoms with Crippen LogP contribution in [0.25, 0.3) is 0 Å². The van der Waals surface area contributed by atoms with Gasteiger partial charge in [-0.15, -0.1) is 0 Å². The molecule has 6 nitrogen and oxygen atoms in total. The van der Waals surface area contributed by atoms with E-state index >= 15 is 0 Å². The quantitative estimate of drug-likeness (QED) is 0.117. The second-order valence-corrected chi connectivity index (χ2v) is 11.6. The second kappa shape index (κ2) is 16.3. The van der Waals surface area contributed by atoms with Crippen molar-refractivity contribution in [2.75, 3.05) is 0 Å². The van der Waals surface area contributed by atoms with E-state index in [0.29, 0.717) is 49.4 Å². The van der Waals surface area contributed by atoms with Crippen LogP contribution in [0.2, 0.25) is 0 Å². The molecule has 4 N–H and O–H groups in total. The Labute approximate surface area is 282 Å². The molecule has 0 aliphatic carbocycles. The molecule has 0 saturated carbocycles. The van der Waals surface area contributed by atoms with Gasteiger partial charge in [0.05, 0.1) is 0 Å². The van der Waals surface area contributed by atoms with Crippen molar-refractivity contribution in [3.05, 3.63) is 191 Å². The summed E-state index contributed by atoms with van der Waals surface area (Å²) in [4.78, 5) is 0. The smallest absolute Gasteiger partial charge is 0.123 e. The summed E-state index contributed by atoms with van der Waals surface area (Å²) in [5, 5.41) is 0. The number of ether oxygens (including phenoxy) is 4. The maximum atomic E-state index is 6.94. The van der Waals surface area contributed by atoms with Crippen LogP contribution in [0.5, 0.6) is 23.0 Å². The van der Waals surface area contributed by atoms with Crippen molar-refractivity contribution in [1.82, 2.24) is 0 Å². The van der Waals surface area contributed by atoms with E-state index in [1.165, 1.54) is 0 Å². The minimum Gasteiger partial charge on any atom is -0.489 e. The molecule has 0 aliphatic rings. The first-order chi connectivity index (χ1) is 23.6. The van der Waals surface area contributed by atoms with Crippen LogP contribution in [0.15, 0.2) is 158 Å². The van der Waals surface area contributed by atoms with Crippen LogP contribution in [-0.4, -0.2) is 0 Å². The zero-order valence-corrected chi connectivity index (χ0v) is 26.8. The maximum absolute atomic E-state index is 6.94. The van der Waals surface area contributed by atoms with Crippen molar-refractivity contribution in [2.45, 2.75) is 38.5 Å². The lowest BCUT2D eigenvalue weighted by Gasteiger charge is -2.23. The average molecular weight is 637 g/mol. The molecule has 0 saturated heterocycles. The molecule has 242 valence electrons. The Morgan fingerprint density at radius 3 is 0.792 bits per heavy atom. The normalized spacial score (nSPS) is 12.1. The van der Waals surface area contributed by atoms with Gasteiger partial charge in [-0.1, -0.05) is 121 Å². The van der Waals surface area contributed by atoms with Crippen LogP contribution in [0, 0.1) is 0 Å². The summed E-state index contributed by atoms with van der Waals surface area (Å²) in [6, 6.07) is 50.5. The summed E-state index contributed by atoms with van der Waals surface area (Å²) in [5.41, 5.74) is 19.7. The van der Waals surface area contributed by atoms with Crippen LogP contribution in [0.1, 0.15) is 45.5 Å². The fraction of sp³-hybridized carbons (Fsp3) is 0.143. The lowest BCUT2D eigenvalue weighted by molar-refractivity contribution is 0.287. The molecular formula is C42H40N2O4. The van der Waals surface area contributed by atoms with E-state index in [1.54, 1.807) is 0 Å². The van der Waals surface area contributed by atoms with E-state index in [1.807, 2.05) is 158 Å². The van der Waals surface area contributed by atoms with Gasteiger partial charge in [0.15, 0.2) is 0 Å². The summed E-state index contributed by atoms with van der Waals surface area (Å²) in [6.45, 7) is 1.64. The number of rotatable bonds is 15. The highest BCUT2D eigenvalue weighted by atomic mass is 16.5. The zero-order valence-electron chi connectivity index (χ0n) is 26.8. The molecule has 6 rings (SSSR count). The minimum absolute atomic E-state index is 0.409. The summed E-state index contributed by atoms with van der Waals surface area (Å²) in [6.07, 6.45) is 0. The molecule has 0 aromatic heterocycles. The Balaban J connectivity index is 1.26. The monoisotopic (exact) mass is 636 g/mol. The molecule has 2 atom stereocenters. The number of nitrogens with two attached hydrogens (primary N) is 2. The molecular weight excluding hydrogens is 596 g/mol. The molecule has 2 unspecified atom stereocenters. The predicted octanol–water partition coefficient (Wildman–Crippen LogP) is 8.70. The maximum Gasteiger partial charge on any atom is 0.123 e. The lowest BCUT2D eigenvalue weighted by atomic mass is 9.94. The molecule has 0 heterocycles. The lowest BCUT2D eigenvalue weighted by Crippen LogP contribution is -2.26. The topological polar surface area (TPSA) is 89.0 Å². The van der Waals surface area contributed by atoms with Crippen LogP contribution in [0.3, 0.4) is 0 Å². The van der Waals surface area contributed by atoms with Gasteiger partial charge >= 0.3 is 0 Å². The molecule has 0 spiro atoms. The number of benzene rings is 6. The van der Waals surface area contributed by atoms with Crippen LogP contribution in [-0.2, 0) is 26.4 Å². The van der Waals surface area contributed by atoms with E-state index in [-0.39, 0.29) is 0 Å². The van der Waals surface area contributed by atoms with Crippen LogP contribution in [0.4, 0.5) is 0 Å². The molecule has 6 aromatic carbocycles. The highest BCUT2D eigenvalue weighted by Crippen LogP contribution is 2.35. The Morgan fingerprint density at radius 2 is 0.562 bits per heavy atom. The Bertz CT molecular complexity index is 1590. The van der Waals surface area contributed by atoms with Crippen molar-refractivity contribution in [3.63, 3.8) is 0 Å². The molecule has 0 bridgehead atoms. The average Bonchev–Trinajstić information content (AvgIpc) is 3.15. The third kappa shape index (κ3) is 9.26. The third-order valence-corrected chi connectivity index (χ3v) is 7.95. The van der Waals surface area contributed by atoms with Crippen molar-refractivity contribution in [2.24, 2.45) is 11.5 Å². The van der Waals surface area contributed by atoms with Gasteiger partial charge in [-0.2, -0.15) is 0 Å². The largest absolute Gasteiger partial charge is 0.489 e. The van der Waals surface area contributed by atoms with Gasteiger partial charge in [-0.05, 0) is 57.6 Å². The Hall–Kier alpha value is -5.56. The summed E-state index contributed by atoms with van der Waals surface area (Å²) >= 11 is 0. The van der Waals surface area contributed by atoms with Gasteiger partial charge in [0.2, 0.25) is 0 Å².